The molecule has 0 spiro atoms. The van der Waals surface area contributed by atoms with Gasteiger partial charge in [-0.2, -0.15) is 0 Å². The van der Waals surface area contributed by atoms with Gasteiger partial charge in [-0.25, -0.2) is 32.1 Å². The number of carbonyl (C=O) groups is 2. The summed E-state index contributed by atoms with van der Waals surface area (Å²) in [5.74, 6) is -0.830. The summed E-state index contributed by atoms with van der Waals surface area (Å²) in [6.45, 7) is 4.91. The first kappa shape index (κ1) is 20.6. The molecule has 1 N–H and O–H groups in total. The van der Waals surface area contributed by atoms with Crippen LogP contribution in [0.5, 0.6) is 6.01 Å². The Labute approximate surface area is 158 Å². The number of rotatable bonds is 6. The van der Waals surface area contributed by atoms with Crippen LogP contribution in [0.3, 0.4) is 0 Å². The van der Waals surface area contributed by atoms with Crippen molar-refractivity contribution in [2.24, 2.45) is 0 Å². The van der Waals surface area contributed by atoms with E-state index in [1.54, 1.807) is 18.6 Å². The van der Waals surface area contributed by atoms with Gasteiger partial charge in [-0.3, -0.25) is 0 Å². The predicted molar refractivity (Wildman–Crippen MR) is 94.8 cm³/mol. The van der Waals surface area contributed by atoms with Crippen LogP contribution in [0.2, 0.25) is 0 Å². The van der Waals surface area contributed by atoms with Crippen LogP contribution in [0, 0.1) is 6.92 Å². The average Bonchev–Trinajstić information content (AvgIpc) is 3.14. The van der Waals surface area contributed by atoms with Gasteiger partial charge in [0, 0.05) is 16.8 Å². The summed E-state index contributed by atoms with van der Waals surface area (Å²) in [5.41, 5.74) is -1.06. The maximum atomic E-state index is 12.7. The van der Waals surface area contributed by atoms with Crippen LogP contribution >= 0.6 is 11.3 Å². The van der Waals surface area contributed by atoms with E-state index < -0.39 is 27.7 Å². The lowest BCUT2D eigenvalue weighted by Crippen LogP contribution is -2.41. The minimum atomic E-state index is -4.46. The van der Waals surface area contributed by atoms with Gasteiger partial charge in [0.1, 0.15) is 4.90 Å². The van der Waals surface area contributed by atoms with Crippen molar-refractivity contribution in [1.29, 1.82) is 0 Å². The fourth-order valence-corrected chi connectivity index (χ4v) is 4.77. The van der Waals surface area contributed by atoms with Crippen molar-refractivity contribution < 1.29 is 27.5 Å². The number of hydrogen-bond donors (Lipinski definition) is 1. The second kappa shape index (κ2) is 7.92. The molecule has 0 fully saturated rings. The second-order valence-corrected chi connectivity index (χ2v) is 7.79. The molecule has 11 nitrogen and oxygen atoms in total. The fourth-order valence-electron chi connectivity index (χ4n) is 2.27. The molecule has 0 radical (unpaired) electrons. The summed E-state index contributed by atoms with van der Waals surface area (Å²) in [4.78, 5) is 36.4. The molecule has 0 bridgehead atoms. The van der Waals surface area contributed by atoms with E-state index in [0.717, 1.165) is 15.9 Å². The van der Waals surface area contributed by atoms with Crippen molar-refractivity contribution in [1.82, 2.24) is 19.1 Å². The molecule has 27 heavy (non-hydrogen) atoms. The highest BCUT2D eigenvalue weighted by Gasteiger charge is 2.30. The van der Waals surface area contributed by atoms with Gasteiger partial charge in [-0.1, -0.05) is 0 Å². The highest BCUT2D eigenvalue weighted by atomic mass is 32.2. The number of sulfonamides is 1. The molecular formula is C14H18N4O7S2. The minimum Gasteiger partial charge on any atom is -0.467 e. The first-order valence-electron chi connectivity index (χ1n) is 7.74. The number of methoxy groups -OCH3 is 1. The number of aryl methyl sites for hydroxylation is 1. The Bertz CT molecular complexity index is 1030. The van der Waals surface area contributed by atoms with Crippen LogP contribution < -0.4 is 15.1 Å². The van der Waals surface area contributed by atoms with Gasteiger partial charge in [0.05, 0.1) is 19.3 Å². The number of amides is 1. The number of hydrogen-bond acceptors (Lipinski definition) is 9. The van der Waals surface area contributed by atoms with Crippen molar-refractivity contribution in [2.75, 3.05) is 13.7 Å². The van der Waals surface area contributed by atoms with Crippen molar-refractivity contribution >= 4 is 33.4 Å². The number of esters is 1. The molecular weight excluding hydrogens is 400 g/mol. The van der Waals surface area contributed by atoms with Crippen LogP contribution in [-0.2, 0) is 21.3 Å². The van der Waals surface area contributed by atoms with Crippen LogP contribution in [0.25, 0.3) is 0 Å². The number of thiophene rings is 1. The van der Waals surface area contributed by atoms with E-state index in [4.69, 9.17) is 9.47 Å². The first-order valence-corrected chi connectivity index (χ1v) is 10.1. The molecule has 0 aliphatic rings. The maximum Gasteiger partial charge on any atom is 0.360 e. The third kappa shape index (κ3) is 3.88. The Kier molecular flexibility index (Phi) is 6.05. The molecule has 0 aliphatic carbocycles. The molecule has 2 aromatic heterocycles. The van der Waals surface area contributed by atoms with Gasteiger partial charge in [-0.15, -0.1) is 21.1 Å². The van der Waals surface area contributed by atoms with Crippen LogP contribution in [-0.4, -0.2) is 48.5 Å². The standard InChI is InChI=1S/C14H18N4O7S2/c1-5-17-13(24-4)15-18(14(17)21)12(20)16-27(22,23)10-8(3)26-7-9(10)11(19)25-6-2/h7H,5-6H2,1-4H3,(H,16,20). The molecule has 148 valence electrons. The highest BCUT2D eigenvalue weighted by molar-refractivity contribution is 7.90. The third-order valence-electron chi connectivity index (χ3n) is 3.42. The number of carbonyl (C=O) groups excluding carboxylic acids is 2. The van der Waals surface area contributed by atoms with Gasteiger partial charge in [-0.05, 0) is 20.8 Å². The molecule has 2 aromatic rings. The van der Waals surface area contributed by atoms with E-state index in [0.29, 0.717) is 4.68 Å². The van der Waals surface area contributed by atoms with Crippen molar-refractivity contribution in [3.05, 3.63) is 26.3 Å². The zero-order valence-electron chi connectivity index (χ0n) is 15.0. The number of ether oxygens (including phenoxy) is 2. The Hall–Kier alpha value is -2.67. The zero-order chi connectivity index (χ0) is 20.4. The highest BCUT2D eigenvalue weighted by Crippen LogP contribution is 2.27. The quantitative estimate of drug-likeness (QED) is 0.672. The number of nitrogens with zero attached hydrogens (tertiary/aromatic N) is 3. The fraction of sp³-hybridized carbons (Fsp3) is 0.429. The van der Waals surface area contributed by atoms with E-state index in [-0.39, 0.29) is 34.5 Å². The van der Waals surface area contributed by atoms with Crippen molar-refractivity contribution in [3.8, 4) is 6.01 Å². The molecule has 0 aromatic carbocycles. The van der Waals surface area contributed by atoms with Crippen molar-refractivity contribution in [3.63, 3.8) is 0 Å². The molecule has 0 aliphatic heterocycles. The minimum absolute atomic E-state index is 0.0587. The SMILES string of the molecule is CCOC(=O)c1csc(C)c1S(=O)(=O)NC(=O)n1nc(OC)n(CC)c1=O. The van der Waals surface area contributed by atoms with E-state index in [1.807, 2.05) is 0 Å². The summed E-state index contributed by atoms with van der Waals surface area (Å²) in [5, 5.41) is 4.98. The van der Waals surface area contributed by atoms with Gasteiger partial charge in [0.2, 0.25) is 0 Å². The van der Waals surface area contributed by atoms with E-state index in [2.05, 4.69) is 5.10 Å². The first-order chi connectivity index (χ1) is 12.7. The topological polar surface area (TPSA) is 139 Å². The third-order valence-corrected chi connectivity index (χ3v) is 5.97. The number of aromatic nitrogens is 3. The van der Waals surface area contributed by atoms with Crippen molar-refractivity contribution in [2.45, 2.75) is 32.2 Å². The lowest BCUT2D eigenvalue weighted by Gasteiger charge is -2.08. The van der Waals surface area contributed by atoms with Crippen LogP contribution in [0.15, 0.2) is 15.1 Å². The van der Waals surface area contributed by atoms with Crippen LogP contribution in [0.4, 0.5) is 4.79 Å². The Morgan fingerprint density at radius 2 is 2.00 bits per heavy atom. The van der Waals surface area contributed by atoms with E-state index in [9.17, 15) is 22.8 Å². The molecule has 0 saturated carbocycles. The summed E-state index contributed by atoms with van der Waals surface area (Å²) in [6, 6.07) is -1.44. The van der Waals surface area contributed by atoms with Gasteiger partial charge >= 0.3 is 23.7 Å². The molecule has 1 amide bonds. The van der Waals surface area contributed by atoms with E-state index >= 15 is 0 Å². The number of nitrogens with one attached hydrogen (secondary N) is 1. The second-order valence-electron chi connectivity index (χ2n) is 5.09. The molecule has 2 heterocycles. The smallest absolute Gasteiger partial charge is 0.360 e. The molecule has 2 rings (SSSR count). The molecule has 0 saturated heterocycles. The summed E-state index contributed by atoms with van der Waals surface area (Å²) < 4.78 is 38.2. The lowest BCUT2D eigenvalue weighted by molar-refractivity contribution is 0.0522. The predicted octanol–water partition coefficient (Wildman–Crippen LogP) is 0.567. The molecule has 13 heteroatoms. The van der Waals surface area contributed by atoms with Gasteiger partial charge in [0.15, 0.2) is 0 Å². The summed E-state index contributed by atoms with van der Waals surface area (Å²) in [6.07, 6.45) is 0. The molecule has 0 atom stereocenters. The van der Waals surface area contributed by atoms with Crippen LogP contribution in [0.1, 0.15) is 29.1 Å². The largest absolute Gasteiger partial charge is 0.467 e. The zero-order valence-corrected chi connectivity index (χ0v) is 16.6. The Morgan fingerprint density at radius 1 is 1.33 bits per heavy atom. The lowest BCUT2D eigenvalue weighted by atomic mass is 10.3. The molecule has 0 unspecified atom stereocenters. The maximum absolute atomic E-state index is 12.7. The monoisotopic (exact) mass is 418 g/mol. The van der Waals surface area contributed by atoms with Gasteiger partial charge in [0.25, 0.3) is 10.0 Å². The summed E-state index contributed by atoms with van der Waals surface area (Å²) in [7, 11) is -3.21. The van der Waals surface area contributed by atoms with E-state index in [1.165, 1.54) is 19.4 Å². The Balaban J connectivity index is 2.42. The average molecular weight is 418 g/mol. The summed E-state index contributed by atoms with van der Waals surface area (Å²) >= 11 is 1.01. The van der Waals surface area contributed by atoms with Gasteiger partial charge < -0.3 is 9.47 Å². The Morgan fingerprint density at radius 3 is 2.52 bits per heavy atom. The normalized spacial score (nSPS) is 11.3.